The second kappa shape index (κ2) is 8.74. The number of rotatable bonds is 5. The highest BCUT2D eigenvalue weighted by Crippen LogP contribution is 2.29. The van der Waals surface area contributed by atoms with Crippen molar-refractivity contribution in [3.63, 3.8) is 0 Å². The van der Waals surface area contributed by atoms with Crippen LogP contribution in [0.15, 0.2) is 83.4 Å². The molecular formula is C24H18Cl2N2O2. The van der Waals surface area contributed by atoms with Crippen molar-refractivity contribution in [3.05, 3.63) is 100 Å². The van der Waals surface area contributed by atoms with Crippen LogP contribution in [0.1, 0.15) is 28.9 Å². The molecule has 1 heterocycles. The molecule has 1 unspecified atom stereocenters. The van der Waals surface area contributed by atoms with Crippen molar-refractivity contribution >= 4 is 29.1 Å². The molecule has 150 valence electrons. The van der Waals surface area contributed by atoms with Gasteiger partial charge in [0.05, 0.1) is 17.8 Å². The Hall–Kier alpha value is -3.08. The van der Waals surface area contributed by atoms with Crippen molar-refractivity contribution in [1.29, 1.82) is 0 Å². The Morgan fingerprint density at radius 2 is 1.57 bits per heavy atom. The molecule has 6 heteroatoms. The monoisotopic (exact) mass is 436 g/mol. The van der Waals surface area contributed by atoms with Crippen molar-refractivity contribution in [1.82, 2.24) is 10.3 Å². The molecule has 0 spiro atoms. The maximum Gasteiger partial charge on any atom is 0.252 e. The molecule has 0 saturated carbocycles. The molecule has 4 aromatic rings. The SMILES string of the molecule is CC(NC(=O)c1ccccc1-c1ncc(-c2ccc(Cl)cc2)o1)c1ccc(Cl)cc1. The summed E-state index contributed by atoms with van der Waals surface area (Å²) in [6.07, 6.45) is 1.64. The van der Waals surface area contributed by atoms with Crippen molar-refractivity contribution in [2.24, 2.45) is 0 Å². The number of carbonyl (C=O) groups excluding carboxylic acids is 1. The summed E-state index contributed by atoms with van der Waals surface area (Å²) in [5.74, 6) is 0.774. The molecule has 1 amide bonds. The van der Waals surface area contributed by atoms with Crippen LogP contribution < -0.4 is 5.32 Å². The zero-order valence-electron chi connectivity index (χ0n) is 16.1. The van der Waals surface area contributed by atoms with E-state index in [1.165, 1.54) is 0 Å². The smallest absolute Gasteiger partial charge is 0.252 e. The lowest BCUT2D eigenvalue weighted by atomic mass is 10.0. The third-order valence-electron chi connectivity index (χ3n) is 4.75. The minimum atomic E-state index is -0.209. The van der Waals surface area contributed by atoms with E-state index in [-0.39, 0.29) is 11.9 Å². The average molecular weight is 437 g/mol. The minimum absolute atomic E-state index is 0.183. The summed E-state index contributed by atoms with van der Waals surface area (Å²) in [6, 6.07) is 21.8. The average Bonchev–Trinajstić information content (AvgIpc) is 3.25. The van der Waals surface area contributed by atoms with Gasteiger partial charge in [-0.05, 0) is 61.0 Å². The van der Waals surface area contributed by atoms with Crippen LogP contribution >= 0.6 is 23.2 Å². The molecule has 0 fully saturated rings. The highest BCUT2D eigenvalue weighted by atomic mass is 35.5. The first-order valence-corrected chi connectivity index (χ1v) is 10.1. The van der Waals surface area contributed by atoms with E-state index < -0.39 is 0 Å². The van der Waals surface area contributed by atoms with E-state index in [2.05, 4.69) is 10.3 Å². The lowest BCUT2D eigenvalue weighted by Gasteiger charge is -2.15. The van der Waals surface area contributed by atoms with Gasteiger partial charge in [0.15, 0.2) is 5.76 Å². The molecule has 3 aromatic carbocycles. The maximum absolute atomic E-state index is 13.0. The number of carbonyl (C=O) groups is 1. The number of benzene rings is 3. The van der Waals surface area contributed by atoms with Crippen molar-refractivity contribution in [3.8, 4) is 22.8 Å². The number of aromatic nitrogens is 1. The molecule has 0 aliphatic carbocycles. The molecule has 4 nitrogen and oxygen atoms in total. The number of oxazole rings is 1. The summed E-state index contributed by atoms with van der Waals surface area (Å²) in [5, 5.41) is 4.32. The van der Waals surface area contributed by atoms with Gasteiger partial charge in [-0.15, -0.1) is 0 Å². The third kappa shape index (κ3) is 4.40. The molecule has 0 radical (unpaired) electrons. The van der Waals surface area contributed by atoms with Crippen LogP contribution in [-0.4, -0.2) is 10.9 Å². The summed E-state index contributed by atoms with van der Waals surface area (Å²) < 4.78 is 5.94. The van der Waals surface area contributed by atoms with E-state index in [0.29, 0.717) is 32.8 Å². The van der Waals surface area contributed by atoms with Crippen LogP contribution in [0.2, 0.25) is 10.0 Å². The summed E-state index contributed by atoms with van der Waals surface area (Å²) in [7, 11) is 0. The van der Waals surface area contributed by atoms with Crippen LogP contribution in [0, 0.1) is 0 Å². The van der Waals surface area contributed by atoms with Gasteiger partial charge in [0.2, 0.25) is 5.89 Å². The lowest BCUT2D eigenvalue weighted by molar-refractivity contribution is 0.0940. The summed E-state index contributed by atoms with van der Waals surface area (Å²) in [4.78, 5) is 17.4. The zero-order valence-corrected chi connectivity index (χ0v) is 17.6. The van der Waals surface area contributed by atoms with E-state index >= 15 is 0 Å². The van der Waals surface area contributed by atoms with Crippen LogP contribution in [0.25, 0.3) is 22.8 Å². The van der Waals surface area contributed by atoms with Gasteiger partial charge in [-0.2, -0.15) is 0 Å². The number of amides is 1. The summed E-state index contributed by atoms with van der Waals surface area (Å²) >= 11 is 11.9. The number of nitrogens with one attached hydrogen (secondary N) is 1. The Kier molecular flexibility index (Phi) is 5.88. The van der Waals surface area contributed by atoms with Gasteiger partial charge in [0.25, 0.3) is 5.91 Å². The third-order valence-corrected chi connectivity index (χ3v) is 5.26. The van der Waals surface area contributed by atoms with Crippen LogP contribution in [0.5, 0.6) is 0 Å². The molecule has 0 aliphatic rings. The molecule has 0 bridgehead atoms. The van der Waals surface area contributed by atoms with E-state index in [1.807, 2.05) is 49.4 Å². The maximum atomic E-state index is 13.0. The first kappa shape index (κ1) is 20.2. The Bertz CT molecular complexity index is 1170. The fraction of sp³-hybridized carbons (Fsp3) is 0.0833. The van der Waals surface area contributed by atoms with E-state index in [1.54, 1.807) is 36.5 Å². The zero-order chi connectivity index (χ0) is 21.1. The van der Waals surface area contributed by atoms with Crippen LogP contribution in [0.3, 0.4) is 0 Å². The van der Waals surface area contributed by atoms with E-state index in [0.717, 1.165) is 11.1 Å². The quantitative estimate of drug-likeness (QED) is 0.373. The number of nitrogens with zero attached hydrogens (tertiary/aromatic N) is 1. The van der Waals surface area contributed by atoms with Crippen LogP contribution in [-0.2, 0) is 0 Å². The predicted octanol–water partition coefficient (Wildman–Crippen LogP) is 6.81. The first-order chi connectivity index (χ1) is 14.5. The van der Waals surface area contributed by atoms with Gasteiger partial charge in [0, 0.05) is 21.2 Å². The van der Waals surface area contributed by atoms with Crippen molar-refractivity contribution in [2.45, 2.75) is 13.0 Å². The number of hydrogen-bond acceptors (Lipinski definition) is 3. The van der Waals surface area contributed by atoms with Crippen LogP contribution in [0.4, 0.5) is 0 Å². The fourth-order valence-corrected chi connectivity index (χ4v) is 3.38. The fourth-order valence-electron chi connectivity index (χ4n) is 3.12. The molecule has 0 aliphatic heterocycles. The van der Waals surface area contributed by atoms with Gasteiger partial charge in [-0.1, -0.05) is 47.5 Å². The molecule has 0 saturated heterocycles. The Labute approximate surface area is 184 Å². The van der Waals surface area contributed by atoms with Gasteiger partial charge < -0.3 is 9.73 Å². The van der Waals surface area contributed by atoms with Gasteiger partial charge in [0.1, 0.15) is 0 Å². The number of hydrogen-bond donors (Lipinski definition) is 1. The molecule has 30 heavy (non-hydrogen) atoms. The molecule has 1 aromatic heterocycles. The first-order valence-electron chi connectivity index (χ1n) is 9.39. The second-order valence-electron chi connectivity index (χ2n) is 6.83. The van der Waals surface area contributed by atoms with Crippen molar-refractivity contribution in [2.75, 3.05) is 0 Å². The van der Waals surface area contributed by atoms with Gasteiger partial charge in [-0.25, -0.2) is 4.98 Å². The minimum Gasteiger partial charge on any atom is -0.436 e. The second-order valence-corrected chi connectivity index (χ2v) is 7.70. The topological polar surface area (TPSA) is 55.1 Å². The highest BCUT2D eigenvalue weighted by Gasteiger charge is 2.19. The normalized spacial score (nSPS) is 11.8. The summed E-state index contributed by atoms with van der Waals surface area (Å²) in [5.41, 5.74) is 2.93. The molecule has 1 atom stereocenters. The molecule has 1 N–H and O–H groups in total. The molecular weight excluding hydrogens is 419 g/mol. The number of halogens is 2. The van der Waals surface area contributed by atoms with E-state index in [4.69, 9.17) is 27.6 Å². The summed E-state index contributed by atoms with van der Waals surface area (Å²) in [6.45, 7) is 1.92. The van der Waals surface area contributed by atoms with Gasteiger partial charge >= 0.3 is 0 Å². The van der Waals surface area contributed by atoms with E-state index in [9.17, 15) is 4.79 Å². The standard InChI is InChI=1S/C24H18Cl2N2O2/c1-15(16-6-10-18(25)11-7-16)28-23(29)20-4-2-3-5-21(20)24-27-14-22(30-24)17-8-12-19(26)13-9-17/h2-15H,1H3,(H,28,29). The highest BCUT2D eigenvalue weighted by molar-refractivity contribution is 6.30. The Morgan fingerprint density at radius 3 is 2.27 bits per heavy atom. The Morgan fingerprint density at radius 1 is 0.933 bits per heavy atom. The Balaban J connectivity index is 1.59. The van der Waals surface area contributed by atoms with Crippen molar-refractivity contribution < 1.29 is 9.21 Å². The van der Waals surface area contributed by atoms with Gasteiger partial charge in [-0.3, -0.25) is 4.79 Å². The molecule has 4 rings (SSSR count). The lowest BCUT2D eigenvalue weighted by Crippen LogP contribution is -2.27. The predicted molar refractivity (Wildman–Crippen MR) is 120 cm³/mol. The largest absolute Gasteiger partial charge is 0.436 e.